The topological polar surface area (TPSA) is 29.1 Å². The molecule has 32 heavy (non-hydrogen) atoms. The molecule has 1 heterocycles. The molecule has 3 aromatic carbocycles. The number of hydrogen-bond donors (Lipinski definition) is 1. The molecule has 0 aromatic heterocycles. The molecule has 0 radical (unpaired) electrons. The zero-order valence-electron chi connectivity index (χ0n) is 19.3. The van der Waals surface area contributed by atoms with Crippen molar-refractivity contribution in [3.05, 3.63) is 108 Å². The molecule has 0 saturated carbocycles. The van der Waals surface area contributed by atoms with Crippen LogP contribution >= 0.6 is 0 Å². The summed E-state index contributed by atoms with van der Waals surface area (Å²) in [5, 5.41) is 3.22. The summed E-state index contributed by atoms with van der Waals surface area (Å²) in [4.78, 5) is 12.9. The van der Waals surface area contributed by atoms with Gasteiger partial charge in [0.2, 0.25) is 5.91 Å². The Hall–Kier alpha value is -2.87. The first kappa shape index (κ1) is 22.3. The molecule has 0 aliphatic carbocycles. The molecule has 166 valence electrons. The predicted molar refractivity (Wildman–Crippen MR) is 133 cm³/mol. The van der Waals surface area contributed by atoms with Crippen LogP contribution in [-0.2, 0) is 17.6 Å². The van der Waals surface area contributed by atoms with Gasteiger partial charge in [0, 0.05) is 11.5 Å². The largest absolute Gasteiger partial charge is 0.351 e. The van der Waals surface area contributed by atoms with E-state index in [-0.39, 0.29) is 23.3 Å². The first-order valence-electron chi connectivity index (χ1n) is 11.9. The van der Waals surface area contributed by atoms with Gasteiger partial charge in [0.1, 0.15) is 0 Å². The van der Waals surface area contributed by atoms with Gasteiger partial charge in [0.05, 0.1) is 0 Å². The Bertz CT molecular complexity index is 940. The molecule has 1 aliphatic heterocycles. The van der Waals surface area contributed by atoms with Crippen LogP contribution in [0.4, 0.5) is 0 Å². The van der Waals surface area contributed by atoms with Crippen LogP contribution in [0.5, 0.6) is 0 Å². The number of nitrogens with one attached hydrogen (secondary N) is 1. The molecule has 2 atom stereocenters. The Morgan fingerprint density at radius 1 is 0.781 bits per heavy atom. The van der Waals surface area contributed by atoms with E-state index in [1.165, 1.54) is 16.7 Å². The lowest BCUT2D eigenvalue weighted by Crippen LogP contribution is -2.35. The lowest BCUT2D eigenvalue weighted by molar-refractivity contribution is -0.123. The molecule has 0 bridgehead atoms. The maximum Gasteiger partial charge on any atom is 0.224 e. The molecule has 4 rings (SSSR count). The molecule has 0 spiro atoms. The summed E-state index contributed by atoms with van der Waals surface area (Å²) in [6, 6.07) is 32.3. The van der Waals surface area contributed by atoms with E-state index in [2.05, 4.69) is 110 Å². The summed E-state index contributed by atoms with van der Waals surface area (Å²) in [6.07, 6.45) is 5.17. The number of carbonyl (C=O) groups is 1. The average Bonchev–Trinajstić information content (AvgIpc) is 3.08. The van der Waals surface area contributed by atoms with Crippen molar-refractivity contribution in [3.8, 4) is 0 Å². The number of hydrogen-bond acceptors (Lipinski definition) is 1. The Morgan fingerprint density at radius 3 is 1.75 bits per heavy atom. The molecule has 2 unspecified atom stereocenters. The third-order valence-electron chi connectivity index (χ3n) is 6.86. The second-order valence-corrected chi connectivity index (χ2v) is 10.0. The van der Waals surface area contributed by atoms with Crippen molar-refractivity contribution in [1.29, 1.82) is 0 Å². The minimum atomic E-state index is -0.123. The van der Waals surface area contributed by atoms with Crippen molar-refractivity contribution in [2.24, 2.45) is 11.8 Å². The van der Waals surface area contributed by atoms with Gasteiger partial charge in [-0.3, -0.25) is 4.79 Å². The predicted octanol–water partition coefficient (Wildman–Crippen LogP) is 6.57. The van der Waals surface area contributed by atoms with Gasteiger partial charge in [-0.1, -0.05) is 91.0 Å². The lowest BCUT2D eigenvalue weighted by Gasteiger charge is -2.26. The van der Waals surface area contributed by atoms with Crippen molar-refractivity contribution in [2.45, 2.75) is 57.4 Å². The van der Waals surface area contributed by atoms with Gasteiger partial charge in [-0.05, 0) is 74.5 Å². The second kappa shape index (κ2) is 10.2. The molecular weight excluding hydrogens is 390 g/mol. The second-order valence-electron chi connectivity index (χ2n) is 10.0. The van der Waals surface area contributed by atoms with Gasteiger partial charge in [0.25, 0.3) is 0 Å². The fraction of sp³-hybridized carbons (Fsp3) is 0.367. The van der Waals surface area contributed by atoms with Crippen LogP contribution in [0.1, 0.15) is 55.7 Å². The maximum absolute atomic E-state index is 12.9. The van der Waals surface area contributed by atoms with Crippen LogP contribution in [0.25, 0.3) is 0 Å². The normalized spacial score (nSPS) is 18.5. The third kappa shape index (κ3) is 5.88. The molecule has 1 fully saturated rings. The minimum absolute atomic E-state index is 0.0431. The van der Waals surface area contributed by atoms with Gasteiger partial charge in [-0.15, -0.1) is 0 Å². The van der Waals surface area contributed by atoms with Gasteiger partial charge < -0.3 is 5.32 Å². The summed E-state index contributed by atoms with van der Waals surface area (Å²) >= 11 is 0. The zero-order valence-corrected chi connectivity index (χ0v) is 19.3. The zero-order chi connectivity index (χ0) is 22.4. The van der Waals surface area contributed by atoms with Crippen molar-refractivity contribution in [3.63, 3.8) is 0 Å². The fourth-order valence-corrected chi connectivity index (χ4v) is 5.33. The number of rotatable bonds is 9. The summed E-state index contributed by atoms with van der Waals surface area (Å²) < 4.78 is 0. The van der Waals surface area contributed by atoms with E-state index < -0.39 is 0 Å². The smallest absolute Gasteiger partial charge is 0.224 e. The Kier molecular flexibility index (Phi) is 7.09. The minimum Gasteiger partial charge on any atom is -0.351 e. The Balaban J connectivity index is 1.54. The van der Waals surface area contributed by atoms with Crippen molar-refractivity contribution in [1.82, 2.24) is 5.32 Å². The molecule has 3 aromatic rings. The first-order chi connectivity index (χ1) is 15.5. The SMILES string of the molecule is CC1(C)CC(C(CCC(Cc2ccccc2)Cc2ccccc2)c2ccccc2)C(=O)N1. The molecular formula is C30H35NO. The quantitative estimate of drug-likeness (QED) is 0.413. The van der Waals surface area contributed by atoms with E-state index in [4.69, 9.17) is 0 Å². The maximum atomic E-state index is 12.9. The highest BCUT2D eigenvalue weighted by atomic mass is 16.2. The highest BCUT2D eigenvalue weighted by molar-refractivity contribution is 5.83. The van der Waals surface area contributed by atoms with Gasteiger partial charge in [0.15, 0.2) is 0 Å². The van der Waals surface area contributed by atoms with Crippen LogP contribution in [0, 0.1) is 11.8 Å². The average molecular weight is 426 g/mol. The van der Waals surface area contributed by atoms with E-state index in [1.54, 1.807) is 0 Å². The number of amides is 1. The van der Waals surface area contributed by atoms with Crippen molar-refractivity contribution < 1.29 is 4.79 Å². The van der Waals surface area contributed by atoms with Crippen LogP contribution in [0.15, 0.2) is 91.0 Å². The summed E-state index contributed by atoms with van der Waals surface area (Å²) in [7, 11) is 0. The van der Waals surface area contributed by atoms with E-state index in [9.17, 15) is 4.79 Å². The van der Waals surface area contributed by atoms with Crippen LogP contribution in [0.3, 0.4) is 0 Å². The van der Waals surface area contributed by atoms with Gasteiger partial charge >= 0.3 is 0 Å². The molecule has 1 N–H and O–H groups in total. The molecule has 2 heteroatoms. The van der Waals surface area contributed by atoms with Crippen molar-refractivity contribution in [2.75, 3.05) is 0 Å². The molecule has 2 nitrogen and oxygen atoms in total. The van der Waals surface area contributed by atoms with Crippen LogP contribution in [-0.4, -0.2) is 11.4 Å². The van der Waals surface area contributed by atoms with Gasteiger partial charge in [-0.25, -0.2) is 0 Å². The van der Waals surface area contributed by atoms with Crippen molar-refractivity contribution >= 4 is 5.91 Å². The Labute approximate surface area is 193 Å². The first-order valence-corrected chi connectivity index (χ1v) is 11.9. The highest BCUT2D eigenvalue weighted by Crippen LogP contribution is 2.39. The Morgan fingerprint density at radius 2 is 1.28 bits per heavy atom. The molecule has 1 aliphatic rings. The van der Waals surface area contributed by atoms with E-state index in [0.717, 1.165) is 32.1 Å². The third-order valence-corrected chi connectivity index (χ3v) is 6.86. The van der Waals surface area contributed by atoms with E-state index >= 15 is 0 Å². The molecule has 1 saturated heterocycles. The van der Waals surface area contributed by atoms with Crippen LogP contribution in [0.2, 0.25) is 0 Å². The monoisotopic (exact) mass is 425 g/mol. The summed E-state index contributed by atoms with van der Waals surface area (Å²) in [5.74, 6) is 1.06. The molecule has 1 amide bonds. The summed E-state index contributed by atoms with van der Waals surface area (Å²) in [5.41, 5.74) is 3.96. The standard InChI is InChI=1S/C30H35NO/c1-30(2)22-28(29(32)31-30)27(26-16-10-5-11-17-26)19-18-25(20-23-12-6-3-7-13-23)21-24-14-8-4-9-15-24/h3-17,25,27-28H,18-22H2,1-2H3,(H,31,32). The summed E-state index contributed by atoms with van der Waals surface area (Å²) in [6.45, 7) is 4.28. The highest BCUT2D eigenvalue weighted by Gasteiger charge is 2.42. The van der Waals surface area contributed by atoms with Crippen LogP contribution < -0.4 is 5.32 Å². The van der Waals surface area contributed by atoms with E-state index in [1.807, 2.05) is 0 Å². The fourth-order valence-electron chi connectivity index (χ4n) is 5.33. The number of carbonyl (C=O) groups excluding carboxylic acids is 1. The number of benzene rings is 3. The lowest BCUT2D eigenvalue weighted by atomic mass is 9.77. The van der Waals surface area contributed by atoms with Gasteiger partial charge in [-0.2, -0.15) is 0 Å². The van der Waals surface area contributed by atoms with E-state index in [0.29, 0.717) is 5.92 Å².